The highest BCUT2D eigenvalue weighted by atomic mass is 35.5. The fraction of sp³-hybridized carbons (Fsp3) is 0.333. The van der Waals surface area contributed by atoms with Crippen molar-refractivity contribution in [3.05, 3.63) is 64.5 Å². The summed E-state index contributed by atoms with van der Waals surface area (Å²) >= 11 is 6.02. The predicted molar refractivity (Wildman–Crippen MR) is 115 cm³/mol. The van der Waals surface area contributed by atoms with Crippen LogP contribution in [-0.4, -0.2) is 53.9 Å². The molecule has 2 heterocycles. The number of rotatable bonds is 5. The van der Waals surface area contributed by atoms with Crippen molar-refractivity contribution in [3.63, 3.8) is 0 Å². The summed E-state index contributed by atoms with van der Waals surface area (Å²) in [5, 5.41) is 4.64. The normalized spacial score (nSPS) is 16.1. The Labute approximate surface area is 181 Å². The molecule has 7 nitrogen and oxygen atoms in total. The second-order valence-electron chi connectivity index (χ2n) is 7.47. The van der Waals surface area contributed by atoms with Crippen LogP contribution in [0.4, 0.5) is 0 Å². The van der Waals surface area contributed by atoms with Crippen molar-refractivity contribution in [2.75, 3.05) is 26.2 Å². The van der Waals surface area contributed by atoms with Gasteiger partial charge in [0, 0.05) is 36.8 Å². The molecule has 2 aromatic carbocycles. The molecule has 1 aliphatic rings. The zero-order valence-corrected chi connectivity index (χ0v) is 18.4. The van der Waals surface area contributed by atoms with Crippen molar-refractivity contribution in [3.8, 4) is 11.4 Å². The molecule has 0 saturated carbocycles. The molecular weight excluding hydrogens is 424 g/mol. The smallest absolute Gasteiger partial charge is 0.243 e. The molecule has 9 heteroatoms. The maximum atomic E-state index is 13.1. The van der Waals surface area contributed by atoms with Crippen LogP contribution < -0.4 is 0 Å². The predicted octanol–water partition coefficient (Wildman–Crippen LogP) is 3.51. The molecule has 30 heavy (non-hydrogen) atoms. The summed E-state index contributed by atoms with van der Waals surface area (Å²) in [5.41, 5.74) is 2.49. The number of halogens is 1. The number of piperazine rings is 1. The Hall–Kier alpha value is -2.26. The maximum absolute atomic E-state index is 13.1. The van der Waals surface area contributed by atoms with Gasteiger partial charge in [0.25, 0.3) is 0 Å². The molecule has 0 unspecified atom stereocenters. The van der Waals surface area contributed by atoms with E-state index in [0.717, 1.165) is 16.7 Å². The maximum Gasteiger partial charge on any atom is 0.243 e. The minimum absolute atomic E-state index is 0.388. The van der Waals surface area contributed by atoms with Gasteiger partial charge in [0.15, 0.2) is 0 Å². The van der Waals surface area contributed by atoms with Crippen molar-refractivity contribution in [2.24, 2.45) is 0 Å². The van der Waals surface area contributed by atoms with Crippen molar-refractivity contribution < 1.29 is 12.9 Å². The Morgan fingerprint density at radius 1 is 1.07 bits per heavy atom. The van der Waals surface area contributed by atoms with E-state index in [1.165, 1.54) is 0 Å². The fourth-order valence-corrected chi connectivity index (χ4v) is 5.43. The van der Waals surface area contributed by atoms with Gasteiger partial charge >= 0.3 is 0 Å². The largest absolute Gasteiger partial charge is 0.338 e. The number of hydrogen-bond donors (Lipinski definition) is 0. The van der Waals surface area contributed by atoms with Crippen LogP contribution in [0.3, 0.4) is 0 Å². The summed E-state index contributed by atoms with van der Waals surface area (Å²) < 4.78 is 33.1. The van der Waals surface area contributed by atoms with Gasteiger partial charge in [-0.1, -0.05) is 41.0 Å². The molecular formula is C21H23ClN4O3S. The average Bonchev–Trinajstić information content (AvgIpc) is 3.19. The molecule has 1 fully saturated rings. The van der Waals surface area contributed by atoms with Crippen LogP contribution in [0.5, 0.6) is 0 Å². The van der Waals surface area contributed by atoms with Gasteiger partial charge in [0.05, 0.1) is 11.4 Å². The van der Waals surface area contributed by atoms with Crippen LogP contribution >= 0.6 is 11.6 Å². The third kappa shape index (κ3) is 4.41. The number of sulfonamides is 1. The van der Waals surface area contributed by atoms with Gasteiger partial charge < -0.3 is 4.52 Å². The van der Waals surface area contributed by atoms with Crippen LogP contribution in [0.2, 0.25) is 5.02 Å². The number of benzene rings is 2. The van der Waals surface area contributed by atoms with E-state index in [9.17, 15) is 8.42 Å². The van der Waals surface area contributed by atoms with Crippen LogP contribution in [0, 0.1) is 13.8 Å². The summed E-state index contributed by atoms with van der Waals surface area (Å²) in [6.45, 7) is 6.24. The fourth-order valence-electron chi connectivity index (χ4n) is 3.51. The molecule has 1 aromatic heterocycles. The molecule has 0 bridgehead atoms. The van der Waals surface area contributed by atoms with Crippen LogP contribution in [0.25, 0.3) is 11.4 Å². The van der Waals surface area contributed by atoms with Crippen molar-refractivity contribution in [2.45, 2.75) is 25.3 Å². The van der Waals surface area contributed by atoms with Crippen molar-refractivity contribution >= 4 is 21.6 Å². The highest BCUT2D eigenvalue weighted by molar-refractivity contribution is 7.89. The van der Waals surface area contributed by atoms with E-state index in [0.29, 0.717) is 54.4 Å². The van der Waals surface area contributed by atoms with Gasteiger partial charge in [0.1, 0.15) is 0 Å². The monoisotopic (exact) mass is 446 g/mol. The SMILES string of the molecule is Cc1ccc(C)c(S(=O)(=O)N2CCN(Cc3nc(-c4cccc(Cl)c4)no3)CC2)c1. The molecule has 0 amide bonds. The molecule has 0 atom stereocenters. The van der Waals surface area contributed by atoms with E-state index >= 15 is 0 Å². The lowest BCUT2D eigenvalue weighted by molar-refractivity contribution is 0.163. The third-order valence-electron chi connectivity index (χ3n) is 5.20. The Morgan fingerprint density at radius 3 is 2.57 bits per heavy atom. The molecule has 0 N–H and O–H groups in total. The summed E-state index contributed by atoms with van der Waals surface area (Å²) in [6, 6.07) is 12.8. The van der Waals surface area contributed by atoms with Gasteiger partial charge in [-0.05, 0) is 43.2 Å². The summed E-state index contributed by atoms with van der Waals surface area (Å²) in [7, 11) is -3.50. The topological polar surface area (TPSA) is 79.5 Å². The second kappa shape index (κ2) is 8.47. The van der Waals surface area contributed by atoms with Gasteiger partial charge in [-0.3, -0.25) is 4.90 Å². The minimum atomic E-state index is -3.50. The quantitative estimate of drug-likeness (QED) is 0.596. The Morgan fingerprint density at radius 2 is 1.83 bits per heavy atom. The first kappa shape index (κ1) is 21.0. The minimum Gasteiger partial charge on any atom is -0.338 e. The van der Waals surface area contributed by atoms with Gasteiger partial charge in [-0.2, -0.15) is 9.29 Å². The van der Waals surface area contributed by atoms with Crippen molar-refractivity contribution in [1.29, 1.82) is 0 Å². The van der Waals surface area contributed by atoms with Crippen LogP contribution in [0.1, 0.15) is 17.0 Å². The molecule has 158 valence electrons. The number of nitrogens with zero attached hydrogens (tertiary/aromatic N) is 4. The zero-order valence-electron chi connectivity index (χ0n) is 16.9. The zero-order chi connectivity index (χ0) is 21.3. The van der Waals surface area contributed by atoms with Crippen molar-refractivity contribution in [1.82, 2.24) is 19.3 Å². The molecule has 3 aromatic rings. The van der Waals surface area contributed by atoms with E-state index in [-0.39, 0.29) is 0 Å². The highest BCUT2D eigenvalue weighted by Crippen LogP contribution is 2.23. The lowest BCUT2D eigenvalue weighted by Crippen LogP contribution is -2.48. The van der Waals surface area contributed by atoms with Gasteiger partial charge in [-0.15, -0.1) is 0 Å². The number of aromatic nitrogens is 2. The Bertz CT molecular complexity index is 1150. The summed E-state index contributed by atoms with van der Waals surface area (Å²) in [4.78, 5) is 6.95. The number of hydrogen-bond acceptors (Lipinski definition) is 6. The lowest BCUT2D eigenvalue weighted by atomic mass is 10.2. The van der Waals surface area contributed by atoms with Gasteiger partial charge in [-0.25, -0.2) is 8.42 Å². The first-order chi connectivity index (χ1) is 14.3. The van der Waals surface area contributed by atoms with E-state index < -0.39 is 10.0 Å². The molecule has 0 radical (unpaired) electrons. The van der Waals surface area contributed by atoms with Crippen LogP contribution in [-0.2, 0) is 16.6 Å². The lowest BCUT2D eigenvalue weighted by Gasteiger charge is -2.33. The molecule has 1 aliphatic heterocycles. The molecule has 1 saturated heterocycles. The van der Waals surface area contributed by atoms with E-state index in [1.54, 1.807) is 22.5 Å². The van der Waals surface area contributed by atoms with Gasteiger partial charge in [0.2, 0.25) is 21.7 Å². The van der Waals surface area contributed by atoms with E-state index in [2.05, 4.69) is 15.0 Å². The Balaban J connectivity index is 1.40. The number of aryl methyl sites for hydroxylation is 2. The standard InChI is InChI=1S/C21H23ClN4O3S/c1-15-6-7-16(2)19(12-15)30(27,28)26-10-8-25(9-11-26)14-20-23-21(24-29-20)17-4-3-5-18(22)13-17/h3-7,12-13H,8-11,14H2,1-2H3. The van der Waals surface area contributed by atoms with E-state index in [4.69, 9.17) is 16.1 Å². The first-order valence-electron chi connectivity index (χ1n) is 9.71. The summed E-state index contributed by atoms with van der Waals surface area (Å²) in [5.74, 6) is 0.986. The molecule has 0 spiro atoms. The first-order valence-corrected chi connectivity index (χ1v) is 11.5. The summed E-state index contributed by atoms with van der Waals surface area (Å²) in [6.07, 6.45) is 0. The van der Waals surface area contributed by atoms with E-state index in [1.807, 2.05) is 38.1 Å². The third-order valence-corrected chi connectivity index (χ3v) is 7.48. The molecule has 4 rings (SSSR count). The Kier molecular flexibility index (Phi) is 5.92. The highest BCUT2D eigenvalue weighted by Gasteiger charge is 2.30. The average molecular weight is 447 g/mol. The van der Waals surface area contributed by atoms with Crippen LogP contribution in [0.15, 0.2) is 51.9 Å². The molecule has 0 aliphatic carbocycles. The second-order valence-corrected chi connectivity index (χ2v) is 9.81.